The van der Waals surface area contributed by atoms with Crippen molar-refractivity contribution in [3.63, 3.8) is 0 Å². The molecule has 4 N–H and O–H groups in total. The Labute approximate surface area is 157 Å². The molecule has 5 nitrogen and oxygen atoms in total. The highest BCUT2D eigenvalue weighted by Crippen LogP contribution is 2.37. The van der Waals surface area contributed by atoms with Gasteiger partial charge in [0.15, 0.2) is 0 Å². The van der Waals surface area contributed by atoms with Crippen LogP contribution >= 0.6 is 23.2 Å². The zero-order valence-electron chi connectivity index (χ0n) is 13.1. The molecule has 2 aromatic carbocycles. The molecule has 0 aliphatic carbocycles. The third-order valence-electron chi connectivity index (χ3n) is 3.15. The first-order valence-electron chi connectivity index (χ1n) is 7.09. The van der Waals surface area contributed by atoms with Crippen LogP contribution in [0.15, 0.2) is 41.5 Å². The molecule has 138 valence electrons. The molecule has 2 aromatic rings. The Kier molecular flexibility index (Phi) is 6.33. The summed E-state index contributed by atoms with van der Waals surface area (Å²) in [7, 11) is 0. The van der Waals surface area contributed by atoms with Crippen LogP contribution in [-0.2, 0) is 12.8 Å². The first kappa shape index (κ1) is 19.9. The normalized spacial score (nSPS) is 11.6. The van der Waals surface area contributed by atoms with Crippen molar-refractivity contribution in [2.75, 3.05) is 0 Å². The predicted octanol–water partition coefficient (Wildman–Crippen LogP) is 4.41. The SMILES string of the molecule is N=C(N)NN=Cc1cccc(OCc2cccc(C(F)(F)F)c2Cl)c1Cl. The summed E-state index contributed by atoms with van der Waals surface area (Å²) in [5, 5.41) is 10.5. The molecule has 0 saturated carbocycles. The molecule has 0 saturated heterocycles. The molecule has 26 heavy (non-hydrogen) atoms. The van der Waals surface area contributed by atoms with Crippen LogP contribution in [0, 0.1) is 5.41 Å². The minimum absolute atomic E-state index is 0.176. The lowest BCUT2D eigenvalue weighted by Gasteiger charge is -2.14. The molecule has 0 unspecified atom stereocenters. The zero-order chi connectivity index (χ0) is 19.3. The number of hydrogen-bond acceptors (Lipinski definition) is 3. The highest BCUT2D eigenvalue weighted by Gasteiger charge is 2.33. The maximum absolute atomic E-state index is 12.9. The fraction of sp³-hybridized carbons (Fsp3) is 0.125. The van der Waals surface area contributed by atoms with Gasteiger partial charge in [0.1, 0.15) is 12.4 Å². The van der Waals surface area contributed by atoms with Crippen molar-refractivity contribution >= 4 is 35.4 Å². The molecule has 0 amide bonds. The van der Waals surface area contributed by atoms with Crippen LogP contribution in [0.25, 0.3) is 0 Å². The zero-order valence-corrected chi connectivity index (χ0v) is 14.6. The molecule has 0 aliphatic rings. The van der Waals surface area contributed by atoms with E-state index in [-0.39, 0.29) is 28.9 Å². The molecular formula is C16H13Cl2F3N4O. The Morgan fingerprint density at radius 2 is 1.88 bits per heavy atom. The lowest BCUT2D eigenvalue weighted by Crippen LogP contribution is -2.25. The van der Waals surface area contributed by atoms with Gasteiger partial charge < -0.3 is 10.5 Å². The molecule has 0 bridgehead atoms. The summed E-state index contributed by atoms with van der Waals surface area (Å²) in [5.74, 6) is -0.101. The molecule has 0 atom stereocenters. The van der Waals surface area contributed by atoms with Crippen LogP contribution in [0.5, 0.6) is 5.75 Å². The maximum Gasteiger partial charge on any atom is 0.417 e. The Bertz CT molecular complexity index is 841. The van der Waals surface area contributed by atoms with Gasteiger partial charge >= 0.3 is 6.18 Å². The second kappa shape index (κ2) is 8.29. The number of guanidine groups is 1. The minimum Gasteiger partial charge on any atom is -0.487 e. The van der Waals surface area contributed by atoms with Crippen molar-refractivity contribution in [2.45, 2.75) is 12.8 Å². The molecule has 0 aromatic heterocycles. The van der Waals surface area contributed by atoms with Crippen molar-refractivity contribution in [1.29, 1.82) is 5.41 Å². The van der Waals surface area contributed by atoms with Crippen molar-refractivity contribution in [2.24, 2.45) is 10.8 Å². The van der Waals surface area contributed by atoms with E-state index < -0.39 is 16.8 Å². The topological polar surface area (TPSA) is 83.5 Å². The van der Waals surface area contributed by atoms with E-state index in [4.69, 9.17) is 39.1 Å². The third kappa shape index (κ3) is 5.03. The van der Waals surface area contributed by atoms with Crippen LogP contribution in [0.4, 0.5) is 13.2 Å². The van der Waals surface area contributed by atoms with Gasteiger partial charge in [-0.05, 0) is 12.1 Å². The smallest absolute Gasteiger partial charge is 0.417 e. The van der Waals surface area contributed by atoms with E-state index in [0.29, 0.717) is 5.56 Å². The Balaban J connectivity index is 2.18. The second-order valence-corrected chi connectivity index (χ2v) is 5.76. The highest BCUT2D eigenvalue weighted by atomic mass is 35.5. The number of ether oxygens (including phenoxy) is 1. The van der Waals surface area contributed by atoms with E-state index in [2.05, 4.69) is 10.5 Å². The minimum atomic E-state index is -4.55. The van der Waals surface area contributed by atoms with Gasteiger partial charge in [-0.1, -0.05) is 47.5 Å². The lowest BCUT2D eigenvalue weighted by atomic mass is 10.1. The third-order valence-corrected chi connectivity index (χ3v) is 4.00. The molecule has 0 fully saturated rings. The Hall–Kier alpha value is -2.45. The molecule has 0 spiro atoms. The largest absolute Gasteiger partial charge is 0.487 e. The van der Waals surface area contributed by atoms with Gasteiger partial charge in [-0.15, -0.1) is 0 Å². The molecule has 0 aliphatic heterocycles. The summed E-state index contributed by atoms with van der Waals surface area (Å²) in [6.07, 6.45) is -3.22. The van der Waals surface area contributed by atoms with Crippen LogP contribution in [-0.4, -0.2) is 12.2 Å². The van der Waals surface area contributed by atoms with Crippen molar-refractivity contribution < 1.29 is 17.9 Å². The average molecular weight is 405 g/mol. The number of nitrogens with two attached hydrogens (primary N) is 1. The number of benzene rings is 2. The summed E-state index contributed by atoms with van der Waals surface area (Å²) in [6, 6.07) is 8.42. The van der Waals surface area contributed by atoms with Gasteiger partial charge in [0, 0.05) is 11.1 Å². The maximum atomic E-state index is 12.9. The summed E-state index contributed by atoms with van der Waals surface area (Å²) in [6.45, 7) is -0.200. The van der Waals surface area contributed by atoms with E-state index >= 15 is 0 Å². The summed E-state index contributed by atoms with van der Waals surface area (Å²) in [5.41, 5.74) is 7.05. The number of hydrogen-bond donors (Lipinski definition) is 3. The van der Waals surface area contributed by atoms with Gasteiger partial charge in [-0.2, -0.15) is 18.3 Å². The molecule has 0 heterocycles. The van der Waals surface area contributed by atoms with Crippen LogP contribution in [0.2, 0.25) is 10.0 Å². The van der Waals surface area contributed by atoms with E-state index in [1.807, 2.05) is 0 Å². The van der Waals surface area contributed by atoms with E-state index in [9.17, 15) is 13.2 Å². The standard InChI is InChI=1S/C16H13Cl2F3N4O/c17-13-10(4-1-5-11(13)16(19,20)21)8-26-12-6-2-3-9(14(12)18)7-24-25-15(22)23/h1-7H,8H2,(H4,22,23,25). The fourth-order valence-corrected chi connectivity index (χ4v) is 2.49. The fourth-order valence-electron chi connectivity index (χ4n) is 1.98. The lowest BCUT2D eigenvalue weighted by molar-refractivity contribution is -0.137. The van der Waals surface area contributed by atoms with E-state index in [0.717, 1.165) is 6.07 Å². The second-order valence-electron chi connectivity index (χ2n) is 5.01. The molecule has 2 rings (SSSR count). The van der Waals surface area contributed by atoms with Crippen LogP contribution in [0.1, 0.15) is 16.7 Å². The highest BCUT2D eigenvalue weighted by molar-refractivity contribution is 6.34. The summed E-state index contributed by atoms with van der Waals surface area (Å²) >= 11 is 12.0. The van der Waals surface area contributed by atoms with Gasteiger partial charge in [0.05, 0.1) is 21.8 Å². The van der Waals surface area contributed by atoms with E-state index in [1.165, 1.54) is 18.3 Å². The van der Waals surface area contributed by atoms with Gasteiger partial charge in [0.2, 0.25) is 5.96 Å². The number of halogens is 5. The van der Waals surface area contributed by atoms with E-state index in [1.54, 1.807) is 18.2 Å². The first-order valence-corrected chi connectivity index (χ1v) is 7.84. The number of nitrogens with one attached hydrogen (secondary N) is 2. The quantitative estimate of drug-likeness (QED) is 0.392. The van der Waals surface area contributed by atoms with Crippen molar-refractivity contribution in [3.8, 4) is 5.75 Å². The Morgan fingerprint density at radius 3 is 2.54 bits per heavy atom. The van der Waals surface area contributed by atoms with Gasteiger partial charge in [-0.25, -0.2) is 5.43 Å². The van der Waals surface area contributed by atoms with Crippen LogP contribution in [0.3, 0.4) is 0 Å². The number of nitrogens with zero attached hydrogens (tertiary/aromatic N) is 1. The van der Waals surface area contributed by atoms with Gasteiger partial charge in [0.25, 0.3) is 0 Å². The van der Waals surface area contributed by atoms with Gasteiger partial charge in [-0.3, -0.25) is 5.41 Å². The van der Waals surface area contributed by atoms with Crippen molar-refractivity contribution in [3.05, 3.63) is 63.1 Å². The van der Waals surface area contributed by atoms with Crippen molar-refractivity contribution in [1.82, 2.24) is 5.43 Å². The number of hydrazone groups is 1. The molecular weight excluding hydrogens is 392 g/mol. The number of rotatable bonds is 5. The average Bonchev–Trinajstić information content (AvgIpc) is 2.55. The molecule has 0 radical (unpaired) electrons. The predicted molar refractivity (Wildman–Crippen MR) is 94.9 cm³/mol. The summed E-state index contributed by atoms with van der Waals surface area (Å²) in [4.78, 5) is 0. The monoisotopic (exact) mass is 404 g/mol. The van der Waals surface area contributed by atoms with Crippen LogP contribution < -0.4 is 15.9 Å². The Morgan fingerprint density at radius 1 is 1.19 bits per heavy atom. The summed E-state index contributed by atoms with van der Waals surface area (Å²) < 4.78 is 44.2. The number of alkyl halides is 3. The molecule has 10 heteroatoms. The first-order chi connectivity index (χ1) is 12.2.